The molecule has 0 rings (SSSR count). The van der Waals surface area contributed by atoms with Crippen LogP contribution in [0.15, 0.2) is 0 Å². The van der Waals surface area contributed by atoms with Crippen molar-refractivity contribution in [2.45, 2.75) is 0 Å². The Hall–Kier alpha value is 0.0700. The van der Waals surface area contributed by atoms with Gasteiger partial charge in [-0.15, -0.1) is 0 Å². The largest absolute Gasteiger partial charge is 0.242 e. The zero-order chi connectivity index (χ0) is 10.6. The Morgan fingerprint density at radius 3 is 1.31 bits per heavy atom. The van der Waals surface area contributed by atoms with Gasteiger partial charge in [-0.25, -0.2) is 12.9 Å². The van der Waals surface area contributed by atoms with E-state index in [4.69, 9.17) is 5.26 Å². The van der Waals surface area contributed by atoms with Gasteiger partial charge in [0.2, 0.25) is 0 Å². The molecule has 0 atom stereocenters. The third kappa shape index (κ3) is 2.51. The molecule has 0 spiro atoms. The smallest absolute Gasteiger partial charge is 0.147 e. The van der Waals surface area contributed by atoms with Crippen LogP contribution in [0, 0.1) is 10.7 Å². The van der Waals surface area contributed by atoms with Crippen molar-refractivity contribution in [3.63, 3.8) is 0 Å². The van der Waals surface area contributed by atoms with E-state index in [0.717, 1.165) is 0 Å². The molecule has 0 saturated carbocycles. The van der Waals surface area contributed by atoms with Crippen LogP contribution in [0.25, 0.3) is 0 Å². The van der Waals surface area contributed by atoms with Gasteiger partial charge in [0.1, 0.15) is 5.40 Å². The molecule has 0 aromatic heterocycles. The summed E-state index contributed by atoms with van der Waals surface area (Å²) in [6, 6.07) is 0. The van der Waals surface area contributed by atoms with Gasteiger partial charge in [0.05, 0.1) is 0 Å². The molecule has 0 amide bonds. The summed E-state index contributed by atoms with van der Waals surface area (Å²) in [6.45, 7) is 0. The van der Waals surface area contributed by atoms with E-state index in [9.17, 15) is 0 Å². The molecule has 0 aromatic carbocycles. The maximum absolute atomic E-state index is 8.80. The summed E-state index contributed by atoms with van der Waals surface area (Å²) >= 11 is 0. The summed E-state index contributed by atoms with van der Waals surface area (Å²) in [5.41, 5.74) is 0. The third-order valence-corrected chi connectivity index (χ3v) is 8.31. The van der Waals surface area contributed by atoms with E-state index in [1.165, 1.54) is 10.8 Å². The normalized spacial score (nSPS) is 13.8. The van der Waals surface area contributed by atoms with Gasteiger partial charge in [-0.05, 0) is 51.9 Å². The minimum absolute atomic E-state index is 1.31. The molecule has 0 radical (unpaired) electrons. The van der Waals surface area contributed by atoms with Crippen LogP contribution in [0.2, 0.25) is 0 Å². The second-order valence-electron chi connectivity index (χ2n) is 3.08. The zero-order valence-electron chi connectivity index (χ0n) is 9.11. The Morgan fingerprint density at radius 2 is 1.23 bits per heavy atom. The summed E-state index contributed by atoms with van der Waals surface area (Å²) in [4.78, 5) is 0. The van der Waals surface area contributed by atoms with Gasteiger partial charge in [0.25, 0.3) is 0 Å². The average molecular weight is 222 g/mol. The second-order valence-corrected chi connectivity index (χ2v) is 8.40. The van der Waals surface area contributed by atoms with Crippen molar-refractivity contribution >= 4 is 20.4 Å². The zero-order valence-corrected chi connectivity index (χ0v) is 10.7. The number of hydrogen-bond donors (Lipinski definition) is 0. The van der Waals surface area contributed by atoms with Gasteiger partial charge in [0.15, 0.2) is 0 Å². The lowest BCUT2D eigenvalue weighted by Crippen LogP contribution is -2.38. The van der Waals surface area contributed by atoms with Crippen LogP contribution in [0.3, 0.4) is 0 Å². The molecule has 0 aliphatic carbocycles. The van der Waals surface area contributed by atoms with Crippen molar-refractivity contribution in [3.8, 4) is 5.40 Å². The Bertz CT molecular complexity index is 175. The lowest BCUT2D eigenvalue weighted by atomic mass is 11.2. The quantitative estimate of drug-likeness (QED) is 0.530. The molecule has 6 heteroatoms. The highest BCUT2D eigenvalue weighted by Gasteiger charge is 2.33. The molecule has 13 heavy (non-hydrogen) atoms. The van der Waals surface area contributed by atoms with Gasteiger partial charge in [-0.1, -0.05) is 0 Å². The highest BCUT2D eigenvalue weighted by atomic mass is 33.2. The molecule has 0 bridgehead atoms. The molecule has 0 aliphatic rings. The van der Waals surface area contributed by atoms with Gasteiger partial charge in [-0.2, -0.15) is 5.26 Å². The number of hydrogen-bond acceptors (Lipinski definition) is 5. The van der Waals surface area contributed by atoms with Gasteiger partial charge >= 0.3 is 0 Å². The predicted octanol–water partition coefficient (Wildman–Crippen LogP) is 1.35. The standard InChI is InChI=1S/C7H18N4S2/c1-9(2)13(10(3)4,11(5)6)12-7-8/h1-6H3. The van der Waals surface area contributed by atoms with Crippen LogP contribution in [-0.2, 0) is 0 Å². The lowest BCUT2D eigenvalue weighted by Gasteiger charge is -2.51. The van der Waals surface area contributed by atoms with Crippen LogP contribution in [0.4, 0.5) is 0 Å². The fraction of sp³-hybridized carbons (Fsp3) is 0.857. The van der Waals surface area contributed by atoms with E-state index >= 15 is 0 Å². The number of nitrogens with zero attached hydrogens (tertiary/aromatic N) is 4. The Labute approximate surface area is 86.6 Å². The van der Waals surface area contributed by atoms with Crippen molar-refractivity contribution in [1.82, 2.24) is 12.9 Å². The van der Waals surface area contributed by atoms with Crippen LogP contribution in [0.5, 0.6) is 0 Å². The fourth-order valence-electron chi connectivity index (χ4n) is 1.25. The summed E-state index contributed by atoms with van der Waals surface area (Å²) in [6.07, 6.45) is 0. The molecule has 0 heterocycles. The molecule has 0 aromatic rings. The molecular formula is C7H18N4S2. The molecule has 0 unspecified atom stereocenters. The highest BCUT2D eigenvalue weighted by molar-refractivity contribution is 8.92. The molecule has 0 saturated heterocycles. The number of rotatable bonds is 4. The minimum Gasteiger partial charge on any atom is -0.242 e. The minimum atomic E-state index is -1.34. The van der Waals surface area contributed by atoms with Crippen molar-refractivity contribution in [3.05, 3.63) is 0 Å². The number of thiocyanates is 1. The van der Waals surface area contributed by atoms with Gasteiger partial charge in [0, 0.05) is 10.8 Å². The summed E-state index contributed by atoms with van der Waals surface area (Å²) in [5, 5.41) is 11.0. The highest BCUT2D eigenvalue weighted by Crippen LogP contribution is 2.63. The molecule has 78 valence electrons. The van der Waals surface area contributed by atoms with E-state index in [0.29, 0.717) is 0 Å². The summed E-state index contributed by atoms with van der Waals surface area (Å²) < 4.78 is 6.29. The fourth-order valence-corrected chi connectivity index (χ4v) is 5.40. The first-order valence-electron chi connectivity index (χ1n) is 3.83. The SMILES string of the molecule is CN(C)S(SC#N)(N(C)C)N(C)C. The first kappa shape index (κ1) is 13.1. The topological polar surface area (TPSA) is 33.5 Å². The number of nitriles is 1. The van der Waals surface area contributed by atoms with Crippen molar-refractivity contribution in [2.24, 2.45) is 0 Å². The predicted molar refractivity (Wildman–Crippen MR) is 61.9 cm³/mol. The third-order valence-electron chi connectivity index (χ3n) is 1.58. The Kier molecular flexibility index (Phi) is 5.10. The molecule has 0 fully saturated rings. The molecule has 0 N–H and O–H groups in total. The maximum Gasteiger partial charge on any atom is 0.147 e. The Balaban J connectivity index is 4.96. The summed E-state index contributed by atoms with van der Waals surface area (Å²) in [7, 11) is 12.0. The Morgan fingerprint density at radius 1 is 0.923 bits per heavy atom. The van der Waals surface area contributed by atoms with Crippen LogP contribution in [-0.4, -0.2) is 55.2 Å². The van der Waals surface area contributed by atoms with Gasteiger partial charge in [-0.3, -0.25) is 0 Å². The van der Waals surface area contributed by atoms with E-state index < -0.39 is 9.62 Å². The monoisotopic (exact) mass is 222 g/mol. The van der Waals surface area contributed by atoms with Crippen molar-refractivity contribution < 1.29 is 0 Å². The summed E-state index contributed by atoms with van der Waals surface area (Å²) in [5.74, 6) is 0. The van der Waals surface area contributed by atoms with E-state index in [-0.39, 0.29) is 0 Å². The van der Waals surface area contributed by atoms with E-state index in [1.807, 2.05) is 42.3 Å². The van der Waals surface area contributed by atoms with Gasteiger partial charge < -0.3 is 0 Å². The van der Waals surface area contributed by atoms with Crippen LogP contribution >= 0.6 is 20.4 Å². The maximum atomic E-state index is 8.80. The first-order chi connectivity index (χ1) is 5.89. The molecule has 4 nitrogen and oxygen atoms in total. The van der Waals surface area contributed by atoms with E-state index in [2.05, 4.69) is 18.3 Å². The first-order valence-corrected chi connectivity index (χ1v) is 6.66. The second kappa shape index (κ2) is 5.08. The van der Waals surface area contributed by atoms with Crippen molar-refractivity contribution in [1.29, 1.82) is 5.26 Å². The van der Waals surface area contributed by atoms with E-state index in [1.54, 1.807) is 0 Å². The average Bonchev–Trinajstić information content (AvgIpc) is 1.97. The van der Waals surface area contributed by atoms with Crippen molar-refractivity contribution in [2.75, 3.05) is 42.3 Å². The van der Waals surface area contributed by atoms with Crippen LogP contribution < -0.4 is 0 Å². The molecule has 0 aliphatic heterocycles. The van der Waals surface area contributed by atoms with Crippen LogP contribution in [0.1, 0.15) is 0 Å². The lowest BCUT2D eigenvalue weighted by molar-refractivity contribution is 0.514. The molecular weight excluding hydrogens is 204 g/mol.